The molecule has 2 atom stereocenters. The molecule has 39 heavy (non-hydrogen) atoms. The minimum atomic E-state index is 0.0266. The van der Waals surface area contributed by atoms with Crippen LogP contribution < -0.4 is 11.6 Å². The number of hydrazine groups is 1. The summed E-state index contributed by atoms with van der Waals surface area (Å²) in [5.41, 5.74) is 11.5. The molecule has 2 unspecified atom stereocenters. The Morgan fingerprint density at radius 2 is 1.85 bits per heavy atom. The van der Waals surface area contributed by atoms with Crippen molar-refractivity contribution in [2.24, 2.45) is 17.5 Å². The van der Waals surface area contributed by atoms with E-state index < -0.39 is 0 Å². The van der Waals surface area contributed by atoms with Crippen LogP contribution in [0.1, 0.15) is 78.3 Å². The number of amides is 1. The van der Waals surface area contributed by atoms with E-state index in [1.54, 1.807) is 31.8 Å². The highest BCUT2D eigenvalue weighted by atomic mass is 16.2. The fraction of sp³-hybridized carbons (Fsp3) is 0.400. The third-order valence-corrected chi connectivity index (χ3v) is 6.94. The predicted octanol–water partition coefficient (Wildman–Crippen LogP) is 4.50. The molecule has 2 aromatic heterocycles. The lowest BCUT2D eigenvalue weighted by molar-refractivity contribution is 0.0724. The van der Waals surface area contributed by atoms with Gasteiger partial charge in [-0.15, -0.1) is 0 Å². The van der Waals surface area contributed by atoms with E-state index in [9.17, 15) is 9.59 Å². The molecule has 1 saturated heterocycles. The number of carbonyl (C=O) groups is 2. The summed E-state index contributed by atoms with van der Waals surface area (Å²) in [6, 6.07) is 9.78. The highest BCUT2D eigenvalue weighted by Crippen LogP contribution is 2.51. The van der Waals surface area contributed by atoms with Gasteiger partial charge in [0.2, 0.25) is 0 Å². The number of pyridine rings is 1. The van der Waals surface area contributed by atoms with Crippen molar-refractivity contribution in [3.8, 4) is 16.8 Å². The van der Waals surface area contributed by atoms with E-state index in [1.165, 1.54) is 17.9 Å². The zero-order chi connectivity index (χ0) is 27.9. The lowest BCUT2D eigenvalue weighted by atomic mass is 10.0. The molecule has 0 radical (unpaired) electrons. The van der Waals surface area contributed by atoms with Crippen LogP contribution in [0.25, 0.3) is 16.8 Å². The molecule has 1 aromatic carbocycles. The highest BCUT2D eigenvalue weighted by Gasteiger charge is 2.44. The van der Waals surface area contributed by atoms with Gasteiger partial charge in [0, 0.05) is 61.8 Å². The Labute approximate surface area is 230 Å². The number of hydrogen-bond donors (Lipinski definition) is 2. The zero-order valence-electron chi connectivity index (χ0n) is 23.1. The first-order valence-electron chi connectivity index (χ1n) is 13.7. The quantitative estimate of drug-likeness (QED) is 0.262. The smallest absolute Gasteiger partial charge is 0.255 e. The first-order valence-corrected chi connectivity index (χ1v) is 13.7. The molecule has 2 aliphatic rings. The fourth-order valence-electron chi connectivity index (χ4n) is 5.05. The Morgan fingerprint density at radius 1 is 1.10 bits per heavy atom. The van der Waals surface area contributed by atoms with E-state index in [0.29, 0.717) is 16.8 Å². The van der Waals surface area contributed by atoms with Crippen molar-refractivity contribution < 1.29 is 9.59 Å². The molecule has 1 amide bonds. The molecule has 5 rings (SSSR count). The van der Waals surface area contributed by atoms with Gasteiger partial charge in [-0.3, -0.25) is 14.6 Å². The van der Waals surface area contributed by atoms with Gasteiger partial charge in [0.05, 0.1) is 28.7 Å². The van der Waals surface area contributed by atoms with Crippen LogP contribution in [0.3, 0.4) is 0 Å². The lowest BCUT2D eigenvalue weighted by Gasteiger charge is -2.26. The summed E-state index contributed by atoms with van der Waals surface area (Å²) in [7, 11) is 1.72. The van der Waals surface area contributed by atoms with Crippen molar-refractivity contribution >= 4 is 12.2 Å². The Hall–Kier alpha value is -3.98. The summed E-state index contributed by atoms with van der Waals surface area (Å²) in [5.74, 6) is 5.93. The second kappa shape index (κ2) is 12.7. The maximum atomic E-state index is 13.0. The van der Waals surface area contributed by atoms with Gasteiger partial charge < -0.3 is 15.6 Å². The molecule has 3 aromatic rings. The average molecular weight is 530 g/mol. The fourth-order valence-corrected chi connectivity index (χ4v) is 5.05. The number of aldehydes is 1. The number of likely N-dealkylation sites (tertiary alicyclic amines) is 1. The van der Waals surface area contributed by atoms with Gasteiger partial charge in [-0.25, -0.2) is 10.5 Å². The Morgan fingerprint density at radius 3 is 2.54 bits per heavy atom. The van der Waals surface area contributed by atoms with Crippen molar-refractivity contribution in [2.75, 3.05) is 20.1 Å². The van der Waals surface area contributed by atoms with E-state index in [4.69, 9.17) is 11.6 Å². The minimum absolute atomic E-state index is 0.0266. The molecule has 1 aliphatic heterocycles. The van der Waals surface area contributed by atoms with Gasteiger partial charge in [0.1, 0.15) is 0 Å². The van der Waals surface area contributed by atoms with Crippen molar-refractivity contribution in [3.05, 3.63) is 77.6 Å². The van der Waals surface area contributed by atoms with E-state index >= 15 is 0 Å². The number of allylic oxidation sites excluding steroid dienone is 1. The van der Waals surface area contributed by atoms with Crippen LogP contribution in [0.5, 0.6) is 0 Å². The third kappa shape index (κ3) is 6.54. The Kier molecular flexibility index (Phi) is 9.14. The number of benzene rings is 1. The molecular formula is C30H39N7O2. The third-order valence-electron chi connectivity index (χ3n) is 6.94. The first kappa shape index (κ1) is 28.0. The predicted molar refractivity (Wildman–Crippen MR) is 153 cm³/mol. The number of nitrogens with two attached hydrogens (primary N) is 2. The molecular weight excluding hydrogens is 490 g/mol. The second-order valence-electron chi connectivity index (χ2n) is 10.3. The molecule has 3 heterocycles. The van der Waals surface area contributed by atoms with Crippen LogP contribution in [-0.4, -0.2) is 57.0 Å². The van der Waals surface area contributed by atoms with Gasteiger partial charge in [-0.05, 0) is 49.4 Å². The number of aromatic nitrogens is 3. The van der Waals surface area contributed by atoms with E-state index in [0.717, 1.165) is 61.1 Å². The van der Waals surface area contributed by atoms with Crippen LogP contribution in [0.15, 0.2) is 60.8 Å². The zero-order valence-corrected chi connectivity index (χ0v) is 23.1. The number of nitrogens with zero attached hydrogens (tertiary/aromatic N) is 5. The topological polar surface area (TPSA) is 123 Å². The summed E-state index contributed by atoms with van der Waals surface area (Å²) in [4.78, 5) is 31.1. The summed E-state index contributed by atoms with van der Waals surface area (Å²) < 4.78 is 1.81. The summed E-state index contributed by atoms with van der Waals surface area (Å²) in [6.07, 6.45) is 12.9. The van der Waals surface area contributed by atoms with Crippen LogP contribution in [0.2, 0.25) is 0 Å². The molecule has 0 bridgehead atoms. The van der Waals surface area contributed by atoms with E-state index in [2.05, 4.69) is 23.9 Å². The van der Waals surface area contributed by atoms with Gasteiger partial charge in [0.15, 0.2) is 6.29 Å². The number of carbonyl (C=O) groups excluding carboxylic acids is 2. The highest BCUT2D eigenvalue weighted by molar-refractivity contribution is 5.95. The standard InChI is InChI=1S/C27H31N7O2.C3H8/c1-32(29)16-25(28)23-12-24(23)26-21(17-35)15-31-34(26)22-7-5-6-18(11-22)19-10-20(14-30-13-19)27(36)33-8-3-2-4-9-33;1-3-2/h5-7,10-11,13-17,23-24H,2-4,8-9,12,28-29H2,1H3;3H2,1-2H3/b25-16-;. The minimum Gasteiger partial charge on any atom is -0.401 e. The molecule has 9 nitrogen and oxygen atoms in total. The average Bonchev–Trinajstić information content (AvgIpc) is 3.63. The molecule has 2 fully saturated rings. The molecule has 1 saturated carbocycles. The van der Waals surface area contributed by atoms with Crippen molar-refractivity contribution in [3.63, 3.8) is 0 Å². The molecule has 1 aliphatic carbocycles. The normalized spacial score (nSPS) is 18.7. The number of hydrogen-bond acceptors (Lipinski definition) is 7. The van der Waals surface area contributed by atoms with Crippen LogP contribution >= 0.6 is 0 Å². The maximum absolute atomic E-state index is 13.0. The summed E-state index contributed by atoms with van der Waals surface area (Å²) in [5, 5.41) is 5.96. The van der Waals surface area contributed by atoms with E-state index in [1.807, 2.05) is 39.9 Å². The molecule has 9 heteroatoms. The van der Waals surface area contributed by atoms with E-state index in [-0.39, 0.29) is 17.7 Å². The number of piperidine rings is 1. The van der Waals surface area contributed by atoms with Crippen LogP contribution in [-0.2, 0) is 0 Å². The van der Waals surface area contributed by atoms with Crippen molar-refractivity contribution in [1.29, 1.82) is 0 Å². The summed E-state index contributed by atoms with van der Waals surface area (Å²) in [6.45, 7) is 5.84. The first-order chi connectivity index (χ1) is 18.9. The van der Waals surface area contributed by atoms with Gasteiger partial charge in [-0.2, -0.15) is 5.10 Å². The second-order valence-corrected chi connectivity index (χ2v) is 10.3. The maximum Gasteiger partial charge on any atom is 0.255 e. The lowest BCUT2D eigenvalue weighted by Crippen LogP contribution is -2.35. The Balaban J connectivity index is 0.00000112. The number of rotatable bonds is 7. The molecule has 4 N–H and O–H groups in total. The van der Waals surface area contributed by atoms with Gasteiger partial charge in [-0.1, -0.05) is 32.4 Å². The SMILES string of the molecule is CCC.CN(N)/C=C(\N)C1CC1c1c(C=O)cnn1-c1cccc(-c2cncc(C(=O)N3CCCCC3)c2)c1. The van der Waals surface area contributed by atoms with Crippen molar-refractivity contribution in [1.82, 2.24) is 24.7 Å². The van der Waals surface area contributed by atoms with Crippen LogP contribution in [0.4, 0.5) is 0 Å². The van der Waals surface area contributed by atoms with Gasteiger partial charge >= 0.3 is 0 Å². The molecule has 206 valence electrons. The summed E-state index contributed by atoms with van der Waals surface area (Å²) >= 11 is 0. The van der Waals surface area contributed by atoms with Gasteiger partial charge in [0.25, 0.3) is 5.91 Å². The van der Waals surface area contributed by atoms with Crippen LogP contribution in [0, 0.1) is 5.92 Å². The molecule has 0 spiro atoms. The van der Waals surface area contributed by atoms with Crippen molar-refractivity contribution in [2.45, 2.75) is 51.9 Å². The largest absolute Gasteiger partial charge is 0.401 e. The Bertz CT molecular complexity index is 1320. The monoisotopic (exact) mass is 529 g/mol.